The van der Waals surface area contributed by atoms with Crippen LogP contribution >= 0.6 is 0 Å². The molecule has 1 heterocycles. The summed E-state index contributed by atoms with van der Waals surface area (Å²) in [5, 5.41) is 3.32. The fraction of sp³-hybridized carbons (Fsp3) is 0.250. The van der Waals surface area contributed by atoms with Crippen LogP contribution in [0.25, 0.3) is 5.69 Å². The Morgan fingerprint density at radius 1 is 1.21 bits per heavy atom. The Labute approximate surface area is 106 Å². The third-order valence-corrected chi connectivity index (χ3v) is 2.57. The monoisotopic (exact) mass is 273 g/mol. The van der Waals surface area contributed by atoms with E-state index >= 15 is 0 Å². The summed E-state index contributed by atoms with van der Waals surface area (Å²) in [5.74, 6) is -0.636. The summed E-state index contributed by atoms with van der Waals surface area (Å²) in [6.45, 7) is 0.374. The van der Waals surface area contributed by atoms with Gasteiger partial charge in [0.1, 0.15) is 11.5 Å². The van der Waals surface area contributed by atoms with Gasteiger partial charge in [-0.1, -0.05) is 6.07 Å². The largest absolute Gasteiger partial charge is 0.435 e. The third-order valence-electron chi connectivity index (χ3n) is 2.57. The summed E-state index contributed by atoms with van der Waals surface area (Å²) in [5.41, 5.74) is 4.94. The molecule has 0 radical (unpaired) electrons. The molecule has 102 valence electrons. The van der Waals surface area contributed by atoms with Gasteiger partial charge >= 0.3 is 6.18 Å². The fourth-order valence-corrected chi connectivity index (χ4v) is 1.67. The molecule has 1 aromatic carbocycles. The van der Waals surface area contributed by atoms with Gasteiger partial charge in [-0.15, -0.1) is 0 Å². The van der Waals surface area contributed by atoms with Crippen LogP contribution in [0.15, 0.2) is 30.5 Å². The SMILES string of the molecule is NCCc1ccc(-n2ccc(C(F)(F)F)n2)c(F)c1. The number of halogens is 4. The van der Waals surface area contributed by atoms with Gasteiger partial charge in [0.2, 0.25) is 0 Å². The Bertz CT molecular complexity index is 575. The zero-order valence-electron chi connectivity index (χ0n) is 9.78. The van der Waals surface area contributed by atoms with Gasteiger partial charge < -0.3 is 5.73 Å². The van der Waals surface area contributed by atoms with Gasteiger partial charge in [0, 0.05) is 6.20 Å². The molecular formula is C12H11F4N3. The smallest absolute Gasteiger partial charge is 0.330 e. The van der Waals surface area contributed by atoms with E-state index in [9.17, 15) is 17.6 Å². The summed E-state index contributed by atoms with van der Waals surface area (Å²) in [4.78, 5) is 0. The number of nitrogens with two attached hydrogens (primary N) is 1. The number of hydrogen-bond donors (Lipinski definition) is 1. The van der Waals surface area contributed by atoms with Gasteiger partial charge in [-0.05, 0) is 36.7 Å². The summed E-state index contributed by atoms with van der Waals surface area (Å²) in [6, 6.07) is 5.04. The number of rotatable bonds is 3. The lowest BCUT2D eigenvalue weighted by Gasteiger charge is -2.06. The zero-order chi connectivity index (χ0) is 14.0. The fourth-order valence-electron chi connectivity index (χ4n) is 1.67. The second-order valence-electron chi connectivity index (χ2n) is 3.97. The molecule has 0 fully saturated rings. The van der Waals surface area contributed by atoms with Gasteiger partial charge in [0.25, 0.3) is 0 Å². The summed E-state index contributed by atoms with van der Waals surface area (Å²) in [7, 11) is 0. The molecule has 0 amide bonds. The molecule has 0 aliphatic heterocycles. The van der Waals surface area contributed by atoms with Gasteiger partial charge in [-0.3, -0.25) is 0 Å². The highest BCUT2D eigenvalue weighted by molar-refractivity contribution is 5.36. The topological polar surface area (TPSA) is 43.8 Å². The molecule has 0 atom stereocenters. The van der Waals surface area contributed by atoms with Crippen molar-refractivity contribution in [1.82, 2.24) is 9.78 Å². The summed E-state index contributed by atoms with van der Waals surface area (Å²) < 4.78 is 51.8. The number of aromatic nitrogens is 2. The molecule has 2 rings (SSSR count). The standard InChI is InChI=1S/C12H11F4N3/c13-9-7-8(3-5-17)1-2-10(9)19-6-4-11(18-19)12(14,15)16/h1-2,4,6-7H,3,5,17H2. The molecule has 7 heteroatoms. The molecule has 19 heavy (non-hydrogen) atoms. The van der Waals surface area contributed by atoms with Crippen LogP contribution in [0.5, 0.6) is 0 Å². The molecule has 0 bridgehead atoms. The van der Waals surface area contributed by atoms with E-state index in [1.165, 1.54) is 12.1 Å². The predicted octanol–water partition coefficient (Wildman–Crippen LogP) is 2.53. The first kappa shape index (κ1) is 13.5. The molecule has 1 aromatic heterocycles. The van der Waals surface area contributed by atoms with Crippen molar-refractivity contribution >= 4 is 0 Å². The van der Waals surface area contributed by atoms with Crippen LogP contribution in [0.2, 0.25) is 0 Å². The molecule has 2 N–H and O–H groups in total. The molecule has 0 saturated carbocycles. The Kier molecular flexibility index (Phi) is 3.57. The van der Waals surface area contributed by atoms with Crippen LogP contribution < -0.4 is 5.73 Å². The second kappa shape index (κ2) is 5.00. The lowest BCUT2D eigenvalue weighted by atomic mass is 10.1. The molecular weight excluding hydrogens is 262 g/mol. The Morgan fingerprint density at radius 2 is 1.95 bits per heavy atom. The maximum Gasteiger partial charge on any atom is 0.435 e. The average molecular weight is 273 g/mol. The molecule has 0 unspecified atom stereocenters. The predicted molar refractivity (Wildman–Crippen MR) is 61.3 cm³/mol. The van der Waals surface area contributed by atoms with E-state index in [4.69, 9.17) is 5.73 Å². The van der Waals surface area contributed by atoms with Crippen molar-refractivity contribution in [2.45, 2.75) is 12.6 Å². The van der Waals surface area contributed by atoms with Crippen molar-refractivity contribution in [3.8, 4) is 5.69 Å². The molecule has 0 spiro atoms. The van der Waals surface area contributed by atoms with Crippen LogP contribution in [-0.2, 0) is 12.6 Å². The lowest BCUT2D eigenvalue weighted by molar-refractivity contribution is -0.141. The number of nitrogens with zero attached hydrogens (tertiary/aromatic N) is 2. The number of benzene rings is 1. The van der Waals surface area contributed by atoms with Crippen molar-refractivity contribution in [3.63, 3.8) is 0 Å². The Morgan fingerprint density at radius 3 is 2.47 bits per heavy atom. The minimum Gasteiger partial charge on any atom is -0.330 e. The highest BCUT2D eigenvalue weighted by Gasteiger charge is 2.33. The number of hydrogen-bond acceptors (Lipinski definition) is 2. The molecule has 3 nitrogen and oxygen atoms in total. The van der Waals surface area contributed by atoms with Gasteiger partial charge in [0.05, 0.1) is 0 Å². The van der Waals surface area contributed by atoms with E-state index in [0.717, 1.165) is 16.9 Å². The van der Waals surface area contributed by atoms with Crippen molar-refractivity contribution < 1.29 is 17.6 Å². The summed E-state index contributed by atoms with van der Waals surface area (Å²) in [6.07, 6.45) is -2.96. The van der Waals surface area contributed by atoms with E-state index in [-0.39, 0.29) is 5.69 Å². The third kappa shape index (κ3) is 2.93. The average Bonchev–Trinajstić information content (AvgIpc) is 2.78. The number of alkyl halides is 3. The molecule has 0 aliphatic rings. The lowest BCUT2D eigenvalue weighted by Crippen LogP contribution is -2.08. The van der Waals surface area contributed by atoms with E-state index in [2.05, 4.69) is 5.10 Å². The van der Waals surface area contributed by atoms with E-state index in [1.807, 2.05) is 0 Å². The van der Waals surface area contributed by atoms with Crippen molar-refractivity contribution in [3.05, 3.63) is 47.5 Å². The van der Waals surface area contributed by atoms with Crippen LogP contribution in [0.4, 0.5) is 17.6 Å². The second-order valence-corrected chi connectivity index (χ2v) is 3.97. The van der Waals surface area contributed by atoms with Gasteiger partial charge in [-0.25, -0.2) is 9.07 Å². The maximum atomic E-state index is 13.8. The highest BCUT2D eigenvalue weighted by Crippen LogP contribution is 2.28. The van der Waals surface area contributed by atoms with Crippen molar-refractivity contribution in [2.75, 3.05) is 6.54 Å². The van der Waals surface area contributed by atoms with E-state index < -0.39 is 17.7 Å². The van der Waals surface area contributed by atoms with Gasteiger partial charge in [-0.2, -0.15) is 18.3 Å². The Balaban J connectivity index is 2.34. The van der Waals surface area contributed by atoms with Crippen LogP contribution in [0.3, 0.4) is 0 Å². The minimum absolute atomic E-state index is 0.0312. The summed E-state index contributed by atoms with van der Waals surface area (Å²) >= 11 is 0. The first-order valence-electron chi connectivity index (χ1n) is 5.53. The molecule has 2 aromatic rings. The quantitative estimate of drug-likeness (QED) is 0.873. The van der Waals surface area contributed by atoms with E-state index in [0.29, 0.717) is 18.5 Å². The first-order valence-corrected chi connectivity index (χ1v) is 5.53. The highest BCUT2D eigenvalue weighted by atomic mass is 19.4. The van der Waals surface area contributed by atoms with Crippen molar-refractivity contribution in [1.29, 1.82) is 0 Å². The van der Waals surface area contributed by atoms with Crippen LogP contribution in [-0.4, -0.2) is 16.3 Å². The van der Waals surface area contributed by atoms with Crippen LogP contribution in [0.1, 0.15) is 11.3 Å². The normalized spacial score (nSPS) is 11.8. The molecule has 0 aliphatic carbocycles. The first-order chi connectivity index (χ1) is 8.91. The Hall–Kier alpha value is -1.89. The van der Waals surface area contributed by atoms with Crippen molar-refractivity contribution in [2.24, 2.45) is 5.73 Å². The van der Waals surface area contributed by atoms with Gasteiger partial charge in [0.15, 0.2) is 5.69 Å². The maximum absolute atomic E-state index is 13.8. The minimum atomic E-state index is -4.54. The zero-order valence-corrected chi connectivity index (χ0v) is 9.78. The van der Waals surface area contributed by atoms with E-state index in [1.54, 1.807) is 6.07 Å². The van der Waals surface area contributed by atoms with Crippen LogP contribution in [0, 0.1) is 5.82 Å². The molecule has 0 saturated heterocycles.